The van der Waals surface area contributed by atoms with E-state index < -0.39 is 0 Å². The molecule has 2 aliphatic rings. The van der Waals surface area contributed by atoms with Gasteiger partial charge in [-0.1, -0.05) is 66.2 Å². The highest BCUT2D eigenvalue weighted by Crippen LogP contribution is 2.29. The number of nitrogens with zero attached hydrogens (tertiary/aromatic N) is 2. The zero-order valence-corrected chi connectivity index (χ0v) is 22.1. The topological polar surface area (TPSA) is 40.6 Å². The molecule has 0 aliphatic carbocycles. The molecule has 5 rings (SSSR count). The smallest absolute Gasteiger partial charge is 0.223 e. The Morgan fingerprint density at radius 3 is 2.35 bits per heavy atom. The average molecular weight is 515 g/mol. The quantitative estimate of drug-likeness (QED) is 0.331. The van der Waals surface area contributed by atoms with Crippen LogP contribution in [0.5, 0.6) is 0 Å². The maximum absolute atomic E-state index is 13.0. The molecule has 2 heterocycles. The number of amides is 1. The summed E-state index contributed by atoms with van der Waals surface area (Å²) in [6.45, 7) is 4.32. The molecular weight excluding hydrogens is 480 g/mol. The summed E-state index contributed by atoms with van der Waals surface area (Å²) >= 11 is 6.02. The summed E-state index contributed by atoms with van der Waals surface area (Å²) in [5.41, 5.74) is 5.92. The van der Waals surface area contributed by atoms with Crippen LogP contribution in [0.15, 0.2) is 72.8 Å². The van der Waals surface area contributed by atoms with Gasteiger partial charge in [-0.2, -0.15) is 0 Å². The second kappa shape index (κ2) is 12.1. The summed E-state index contributed by atoms with van der Waals surface area (Å²) < 4.78 is 0. The standard InChI is InChI=1S/C32H35ClN2O2/c33-30-12-10-26(11-13-30)27-16-19-35(20-17-27)32(37)15-14-31(36)28-9-8-25-7-4-18-34(23-29(25)21-28)22-24-5-2-1-3-6-24/h1-3,5-6,8-13,21,27H,4,7,14-20,22-23H2. The summed E-state index contributed by atoms with van der Waals surface area (Å²) in [6.07, 6.45) is 4.61. The van der Waals surface area contributed by atoms with Crippen molar-refractivity contribution in [3.05, 3.63) is 106 Å². The van der Waals surface area contributed by atoms with E-state index in [1.807, 2.05) is 29.2 Å². The number of hydrogen-bond donors (Lipinski definition) is 0. The Morgan fingerprint density at radius 2 is 1.59 bits per heavy atom. The van der Waals surface area contributed by atoms with Gasteiger partial charge in [0.1, 0.15) is 0 Å². The largest absolute Gasteiger partial charge is 0.343 e. The monoisotopic (exact) mass is 514 g/mol. The molecule has 3 aromatic rings. The predicted octanol–water partition coefficient (Wildman–Crippen LogP) is 6.66. The number of ketones is 1. The lowest BCUT2D eigenvalue weighted by molar-refractivity contribution is -0.132. The maximum atomic E-state index is 13.0. The summed E-state index contributed by atoms with van der Waals surface area (Å²) in [6, 6.07) is 24.8. The first-order chi connectivity index (χ1) is 18.0. The number of likely N-dealkylation sites (tertiary alicyclic amines) is 1. The molecule has 0 spiro atoms. The van der Waals surface area contributed by atoms with Crippen LogP contribution < -0.4 is 0 Å². The SMILES string of the molecule is O=C(CCC(=O)N1CCC(c2ccc(Cl)cc2)CC1)c1ccc2c(c1)CN(Cc1ccccc1)CCC2. The minimum Gasteiger partial charge on any atom is -0.343 e. The zero-order valence-electron chi connectivity index (χ0n) is 21.4. The summed E-state index contributed by atoms with van der Waals surface area (Å²) in [5, 5.41) is 0.750. The molecule has 0 bridgehead atoms. The molecule has 37 heavy (non-hydrogen) atoms. The molecule has 5 heteroatoms. The highest BCUT2D eigenvalue weighted by Gasteiger charge is 2.24. The van der Waals surface area contributed by atoms with Gasteiger partial charge < -0.3 is 4.90 Å². The zero-order chi connectivity index (χ0) is 25.6. The molecule has 0 radical (unpaired) electrons. The molecule has 0 atom stereocenters. The van der Waals surface area contributed by atoms with Crippen LogP contribution in [0.3, 0.4) is 0 Å². The molecule has 0 saturated carbocycles. The van der Waals surface area contributed by atoms with Gasteiger partial charge in [0.05, 0.1) is 0 Å². The maximum Gasteiger partial charge on any atom is 0.223 e. The highest BCUT2D eigenvalue weighted by atomic mass is 35.5. The van der Waals surface area contributed by atoms with Crippen molar-refractivity contribution in [2.24, 2.45) is 0 Å². The van der Waals surface area contributed by atoms with Gasteiger partial charge >= 0.3 is 0 Å². The fraction of sp³-hybridized carbons (Fsp3) is 0.375. The first-order valence-corrected chi connectivity index (χ1v) is 13.9. The van der Waals surface area contributed by atoms with Crippen molar-refractivity contribution >= 4 is 23.3 Å². The van der Waals surface area contributed by atoms with Crippen LogP contribution in [-0.2, 0) is 24.3 Å². The molecule has 0 unspecified atom stereocenters. The molecule has 1 saturated heterocycles. The van der Waals surface area contributed by atoms with E-state index in [1.54, 1.807) is 0 Å². The van der Waals surface area contributed by atoms with Gasteiger partial charge in [-0.15, -0.1) is 0 Å². The van der Waals surface area contributed by atoms with E-state index in [0.717, 1.165) is 69.0 Å². The van der Waals surface area contributed by atoms with Crippen molar-refractivity contribution in [2.45, 2.75) is 57.5 Å². The summed E-state index contributed by atoms with van der Waals surface area (Å²) in [5.74, 6) is 0.613. The van der Waals surface area contributed by atoms with Gasteiger partial charge in [-0.05, 0) is 78.6 Å². The van der Waals surface area contributed by atoms with Gasteiger partial charge in [-0.3, -0.25) is 14.5 Å². The van der Waals surface area contributed by atoms with Crippen molar-refractivity contribution in [3.8, 4) is 0 Å². The Balaban J connectivity index is 1.14. The molecule has 2 aliphatic heterocycles. The number of Topliss-reactive ketones (excluding diaryl/α,β-unsaturated/α-hetero) is 1. The Hall–Kier alpha value is -2.95. The van der Waals surface area contributed by atoms with E-state index in [2.05, 4.69) is 53.4 Å². The Kier molecular flexibility index (Phi) is 8.38. The number of hydrogen-bond acceptors (Lipinski definition) is 3. The number of aryl methyl sites for hydroxylation is 1. The van der Waals surface area contributed by atoms with Crippen molar-refractivity contribution < 1.29 is 9.59 Å². The molecule has 0 N–H and O–H groups in total. The predicted molar refractivity (Wildman–Crippen MR) is 149 cm³/mol. The van der Waals surface area contributed by atoms with Crippen LogP contribution in [0.25, 0.3) is 0 Å². The van der Waals surface area contributed by atoms with Crippen LogP contribution in [0.1, 0.15) is 70.6 Å². The average Bonchev–Trinajstić information content (AvgIpc) is 3.13. The minimum atomic E-state index is 0.0612. The first kappa shape index (κ1) is 25.7. The fourth-order valence-electron chi connectivity index (χ4n) is 5.70. The van der Waals surface area contributed by atoms with Gasteiger partial charge in [0.25, 0.3) is 0 Å². The molecule has 1 fully saturated rings. The van der Waals surface area contributed by atoms with Crippen LogP contribution in [0.4, 0.5) is 0 Å². The molecule has 3 aromatic carbocycles. The Morgan fingerprint density at radius 1 is 0.838 bits per heavy atom. The van der Waals surface area contributed by atoms with Crippen molar-refractivity contribution in [1.29, 1.82) is 0 Å². The number of carbonyl (C=O) groups excluding carboxylic acids is 2. The van der Waals surface area contributed by atoms with E-state index in [9.17, 15) is 9.59 Å². The molecule has 4 nitrogen and oxygen atoms in total. The summed E-state index contributed by atoms with van der Waals surface area (Å²) in [7, 11) is 0. The van der Waals surface area contributed by atoms with Gasteiger partial charge in [0.15, 0.2) is 5.78 Å². The molecule has 0 aromatic heterocycles. The fourth-order valence-corrected chi connectivity index (χ4v) is 5.83. The number of benzene rings is 3. The normalized spacial score (nSPS) is 16.7. The third-order valence-corrected chi connectivity index (χ3v) is 8.10. The number of piperidine rings is 1. The van der Waals surface area contributed by atoms with Crippen LogP contribution >= 0.6 is 11.6 Å². The Labute approximate surface area is 225 Å². The first-order valence-electron chi connectivity index (χ1n) is 13.5. The number of fused-ring (bicyclic) bond motifs is 1. The number of halogens is 1. The highest BCUT2D eigenvalue weighted by molar-refractivity contribution is 6.30. The Bertz CT molecular complexity index is 1220. The van der Waals surface area contributed by atoms with E-state index in [4.69, 9.17) is 11.6 Å². The van der Waals surface area contributed by atoms with Gasteiger partial charge in [0, 0.05) is 49.6 Å². The van der Waals surface area contributed by atoms with E-state index >= 15 is 0 Å². The lowest BCUT2D eigenvalue weighted by Gasteiger charge is -2.32. The molecular formula is C32H35ClN2O2. The van der Waals surface area contributed by atoms with Crippen LogP contribution in [-0.4, -0.2) is 41.1 Å². The molecule has 192 valence electrons. The van der Waals surface area contributed by atoms with Crippen molar-refractivity contribution in [2.75, 3.05) is 19.6 Å². The second-order valence-corrected chi connectivity index (χ2v) is 10.8. The van der Waals surface area contributed by atoms with E-state index in [1.165, 1.54) is 22.3 Å². The van der Waals surface area contributed by atoms with Crippen molar-refractivity contribution in [3.63, 3.8) is 0 Å². The van der Waals surface area contributed by atoms with Crippen molar-refractivity contribution in [1.82, 2.24) is 9.80 Å². The van der Waals surface area contributed by atoms with Gasteiger partial charge in [0.2, 0.25) is 5.91 Å². The summed E-state index contributed by atoms with van der Waals surface area (Å²) in [4.78, 5) is 30.3. The van der Waals surface area contributed by atoms with E-state index in [-0.39, 0.29) is 24.5 Å². The lowest BCUT2D eigenvalue weighted by Crippen LogP contribution is -2.38. The lowest BCUT2D eigenvalue weighted by atomic mass is 9.89. The number of carbonyl (C=O) groups is 2. The number of rotatable bonds is 7. The third-order valence-electron chi connectivity index (χ3n) is 7.85. The van der Waals surface area contributed by atoms with E-state index in [0.29, 0.717) is 5.92 Å². The van der Waals surface area contributed by atoms with Crippen LogP contribution in [0, 0.1) is 0 Å². The van der Waals surface area contributed by atoms with Crippen LogP contribution in [0.2, 0.25) is 5.02 Å². The second-order valence-electron chi connectivity index (χ2n) is 10.4. The van der Waals surface area contributed by atoms with Gasteiger partial charge in [-0.25, -0.2) is 0 Å². The third kappa shape index (κ3) is 6.68. The molecule has 1 amide bonds. The minimum absolute atomic E-state index is 0.0612.